The number of nitrogens with one attached hydrogen (secondary N) is 3. The largest absolute Gasteiger partial charge is 0.434 e. The Hall–Kier alpha value is -2.53. The van der Waals surface area contributed by atoms with E-state index >= 15 is 0 Å². The molecule has 0 radical (unpaired) electrons. The predicted octanol–water partition coefficient (Wildman–Crippen LogP) is 5.90. The number of alkyl halides is 3. The number of rotatable bonds is 7. The maximum absolute atomic E-state index is 14.8. The zero-order valence-corrected chi connectivity index (χ0v) is 20.4. The molecule has 1 aromatic carbocycles. The second kappa shape index (κ2) is 10.2. The van der Waals surface area contributed by atoms with Crippen molar-refractivity contribution in [3.63, 3.8) is 0 Å². The van der Waals surface area contributed by atoms with Gasteiger partial charge in [-0.15, -0.1) is 0 Å². The molecule has 1 amide bonds. The number of benzene rings is 1. The third-order valence-corrected chi connectivity index (χ3v) is 7.29. The Kier molecular flexibility index (Phi) is 7.46. The highest BCUT2D eigenvalue weighted by molar-refractivity contribution is 7.98. The molecular weight excluding hydrogens is 506 g/mol. The average Bonchev–Trinajstić information content (AvgIpc) is 3.62. The fourth-order valence-electron chi connectivity index (χ4n) is 3.83. The van der Waals surface area contributed by atoms with Crippen molar-refractivity contribution in [2.24, 2.45) is 0 Å². The summed E-state index contributed by atoms with van der Waals surface area (Å²) < 4.78 is 56.9. The van der Waals surface area contributed by atoms with Crippen LogP contribution in [0.5, 0.6) is 0 Å². The molecule has 6 nitrogen and oxygen atoms in total. The van der Waals surface area contributed by atoms with E-state index in [2.05, 4.69) is 15.0 Å². The van der Waals surface area contributed by atoms with Gasteiger partial charge in [-0.2, -0.15) is 13.2 Å². The number of anilines is 2. The number of carbonyl (C=O) groups is 1. The van der Waals surface area contributed by atoms with Crippen LogP contribution in [0, 0.1) is 11.2 Å². The molecule has 0 bridgehead atoms. The topological polar surface area (TPSA) is 81.1 Å². The molecule has 35 heavy (non-hydrogen) atoms. The van der Waals surface area contributed by atoms with Crippen molar-refractivity contribution in [3.05, 3.63) is 51.9 Å². The quantitative estimate of drug-likeness (QED) is 0.236. The van der Waals surface area contributed by atoms with E-state index in [9.17, 15) is 22.4 Å². The summed E-state index contributed by atoms with van der Waals surface area (Å²) in [7, 11) is 0. The zero-order valence-electron chi connectivity index (χ0n) is 18.8. The summed E-state index contributed by atoms with van der Waals surface area (Å²) in [6, 6.07) is 5.17. The van der Waals surface area contributed by atoms with Gasteiger partial charge in [-0.05, 0) is 68.8 Å². The van der Waals surface area contributed by atoms with E-state index in [1.54, 1.807) is 11.8 Å². The smallest absolute Gasteiger partial charge is 0.382 e. The molecular formula is C23H24ClF4N5OS. The third kappa shape index (κ3) is 6.19. The number of hydrogen-bond donors (Lipinski definition) is 3. The normalized spacial score (nSPS) is 16.8. The number of nitrogens with zero attached hydrogens (tertiary/aromatic N) is 2. The van der Waals surface area contributed by atoms with Crippen LogP contribution in [0.4, 0.5) is 29.1 Å². The molecule has 1 saturated carbocycles. The summed E-state index contributed by atoms with van der Waals surface area (Å²) in [6.45, 7) is 2.43. The first-order valence-electron chi connectivity index (χ1n) is 11.1. The molecule has 2 heterocycles. The van der Waals surface area contributed by atoms with Crippen molar-refractivity contribution in [1.82, 2.24) is 9.71 Å². The lowest BCUT2D eigenvalue weighted by molar-refractivity contribution is -0.141. The SMILES string of the molecule is CC(=N)c1cc(C(=O)NSC2CC2)c(F)cc1NC1CCN(c2ccc(Cl)c(C(F)(F)F)n2)CC1. The lowest BCUT2D eigenvalue weighted by Crippen LogP contribution is -2.40. The van der Waals surface area contributed by atoms with Gasteiger partial charge in [0.05, 0.1) is 10.6 Å². The molecule has 1 aliphatic heterocycles. The molecule has 2 fully saturated rings. The van der Waals surface area contributed by atoms with Crippen molar-refractivity contribution in [1.29, 1.82) is 5.41 Å². The monoisotopic (exact) mass is 529 g/mol. The van der Waals surface area contributed by atoms with Crippen LogP contribution >= 0.6 is 23.5 Å². The van der Waals surface area contributed by atoms with Crippen LogP contribution in [0.2, 0.25) is 5.02 Å². The Morgan fingerprint density at radius 2 is 1.86 bits per heavy atom. The van der Waals surface area contributed by atoms with Crippen molar-refractivity contribution in [2.75, 3.05) is 23.3 Å². The van der Waals surface area contributed by atoms with Crippen LogP contribution in [0.1, 0.15) is 54.2 Å². The van der Waals surface area contributed by atoms with Crippen molar-refractivity contribution < 1.29 is 22.4 Å². The van der Waals surface area contributed by atoms with Crippen LogP contribution < -0.4 is 14.9 Å². The summed E-state index contributed by atoms with van der Waals surface area (Å²) in [5.74, 6) is -1.02. The van der Waals surface area contributed by atoms with Gasteiger partial charge in [0, 0.05) is 41.3 Å². The van der Waals surface area contributed by atoms with Gasteiger partial charge in [-0.1, -0.05) is 11.6 Å². The molecule has 0 spiro atoms. The van der Waals surface area contributed by atoms with Gasteiger partial charge in [-0.25, -0.2) is 9.37 Å². The predicted molar refractivity (Wildman–Crippen MR) is 130 cm³/mol. The molecule has 4 rings (SSSR count). The zero-order chi connectivity index (χ0) is 25.3. The van der Waals surface area contributed by atoms with E-state index in [1.165, 1.54) is 36.2 Å². The molecule has 1 aromatic heterocycles. The average molecular weight is 530 g/mol. The Bertz CT molecular complexity index is 1130. The molecule has 2 aromatic rings. The fourth-order valence-corrected chi connectivity index (χ4v) is 4.80. The molecule has 1 aliphatic carbocycles. The molecule has 0 unspecified atom stereocenters. The standard InChI is InChI=1S/C23H24ClF4N5OS/c1-12(29)15-10-16(22(34)32-35-14-2-3-14)18(25)11-19(15)30-13-6-8-33(9-7-13)20-5-4-17(24)21(31-20)23(26,27)28/h4-5,10-11,13-14,29-30H,2-3,6-9H2,1H3,(H,32,34). The number of halogens is 5. The van der Waals surface area contributed by atoms with E-state index in [4.69, 9.17) is 17.0 Å². The maximum atomic E-state index is 14.8. The summed E-state index contributed by atoms with van der Waals surface area (Å²) in [6.07, 6.45) is -1.47. The number of carbonyl (C=O) groups excluding carboxylic acids is 1. The number of amides is 1. The fraction of sp³-hybridized carbons (Fsp3) is 0.435. The highest BCUT2D eigenvalue weighted by Gasteiger charge is 2.36. The summed E-state index contributed by atoms with van der Waals surface area (Å²) in [5, 5.41) is 11.3. The third-order valence-electron chi connectivity index (χ3n) is 5.88. The second-order valence-electron chi connectivity index (χ2n) is 8.65. The summed E-state index contributed by atoms with van der Waals surface area (Å²) in [4.78, 5) is 17.9. The van der Waals surface area contributed by atoms with Crippen LogP contribution in [0.15, 0.2) is 24.3 Å². The van der Waals surface area contributed by atoms with E-state index in [-0.39, 0.29) is 23.1 Å². The van der Waals surface area contributed by atoms with Gasteiger partial charge in [0.1, 0.15) is 11.6 Å². The van der Waals surface area contributed by atoms with Gasteiger partial charge in [0.25, 0.3) is 5.91 Å². The highest BCUT2D eigenvalue weighted by Crippen LogP contribution is 2.35. The van der Waals surface area contributed by atoms with Crippen LogP contribution in [0.3, 0.4) is 0 Å². The van der Waals surface area contributed by atoms with Gasteiger partial charge >= 0.3 is 6.18 Å². The molecule has 12 heteroatoms. The maximum Gasteiger partial charge on any atom is 0.434 e. The number of piperidine rings is 1. The number of aromatic nitrogens is 1. The number of pyridine rings is 1. The minimum absolute atomic E-state index is 0.0942. The summed E-state index contributed by atoms with van der Waals surface area (Å²) >= 11 is 6.95. The Morgan fingerprint density at radius 1 is 1.17 bits per heavy atom. The van der Waals surface area contributed by atoms with E-state index in [1.807, 2.05) is 0 Å². The first kappa shape index (κ1) is 25.6. The van der Waals surface area contributed by atoms with Gasteiger partial charge in [0.2, 0.25) is 0 Å². The molecule has 2 aliphatic rings. The van der Waals surface area contributed by atoms with Gasteiger partial charge < -0.3 is 15.6 Å². The van der Waals surface area contributed by atoms with Crippen molar-refractivity contribution >= 4 is 46.7 Å². The van der Waals surface area contributed by atoms with E-state index < -0.39 is 28.6 Å². The molecule has 1 saturated heterocycles. The van der Waals surface area contributed by atoms with Crippen molar-refractivity contribution in [3.8, 4) is 0 Å². The lowest BCUT2D eigenvalue weighted by atomic mass is 10.0. The van der Waals surface area contributed by atoms with Crippen LogP contribution in [0.25, 0.3) is 0 Å². The van der Waals surface area contributed by atoms with Crippen LogP contribution in [-0.4, -0.2) is 41.0 Å². The Balaban J connectivity index is 1.43. The highest BCUT2D eigenvalue weighted by atomic mass is 35.5. The first-order valence-corrected chi connectivity index (χ1v) is 12.4. The molecule has 188 valence electrons. The Morgan fingerprint density at radius 3 is 2.46 bits per heavy atom. The van der Waals surface area contributed by atoms with Gasteiger partial charge in [-0.3, -0.25) is 9.52 Å². The number of hydrogen-bond acceptors (Lipinski definition) is 6. The van der Waals surface area contributed by atoms with Crippen molar-refractivity contribution in [2.45, 2.75) is 50.1 Å². The molecule has 0 atom stereocenters. The minimum Gasteiger partial charge on any atom is -0.382 e. The minimum atomic E-state index is -4.64. The van der Waals surface area contributed by atoms with Crippen LogP contribution in [-0.2, 0) is 6.18 Å². The first-order chi connectivity index (χ1) is 16.5. The second-order valence-corrected chi connectivity index (χ2v) is 10.2. The lowest BCUT2D eigenvalue weighted by Gasteiger charge is -2.34. The molecule has 3 N–H and O–H groups in total. The van der Waals surface area contributed by atoms with Gasteiger partial charge in [0.15, 0.2) is 5.69 Å². The Labute approximate surface area is 209 Å². The van der Waals surface area contributed by atoms with E-state index in [0.717, 1.165) is 12.8 Å². The van der Waals surface area contributed by atoms with E-state index in [0.29, 0.717) is 42.4 Å². The summed E-state index contributed by atoms with van der Waals surface area (Å²) in [5.41, 5.74) is -0.222.